The molecular weight excluding hydrogens is 218 g/mol. The molecule has 4 N–H and O–H groups in total. The second-order valence-corrected chi connectivity index (χ2v) is 4.13. The van der Waals surface area contributed by atoms with Crippen molar-refractivity contribution in [2.45, 2.75) is 25.0 Å². The lowest BCUT2D eigenvalue weighted by atomic mass is 10.3. The molecule has 6 nitrogen and oxygen atoms in total. The van der Waals surface area contributed by atoms with E-state index in [2.05, 4.69) is 10.6 Å². The molecule has 0 spiro atoms. The third kappa shape index (κ3) is 4.50. The van der Waals surface area contributed by atoms with Gasteiger partial charge in [-0.1, -0.05) is 0 Å². The monoisotopic (exact) mass is 233 g/mol. The Balaban J connectivity index is 2.26. The molecule has 1 heterocycles. The van der Waals surface area contributed by atoms with Gasteiger partial charge in [-0.05, 0) is 6.92 Å². The van der Waals surface area contributed by atoms with Crippen molar-refractivity contribution < 1.29 is 14.3 Å². The van der Waals surface area contributed by atoms with Gasteiger partial charge in [-0.15, -0.1) is 11.8 Å². The predicted molar refractivity (Wildman–Crippen MR) is 56.7 cm³/mol. The molecular formula is C8H15N3O3S. The van der Waals surface area contributed by atoms with Gasteiger partial charge in [0.2, 0.25) is 5.91 Å². The molecule has 0 aromatic heterocycles. The van der Waals surface area contributed by atoms with E-state index in [0.717, 1.165) is 0 Å². The smallest absolute Gasteiger partial charge is 0.316 e. The largest absolute Gasteiger partial charge is 0.465 e. The number of hydrogen-bond acceptors (Lipinski definition) is 6. The fraction of sp³-hybridized carbons (Fsp3) is 0.750. The summed E-state index contributed by atoms with van der Waals surface area (Å²) in [6, 6.07) is 0. The molecule has 1 rings (SSSR count). The molecule has 15 heavy (non-hydrogen) atoms. The molecule has 2 unspecified atom stereocenters. The molecule has 0 saturated carbocycles. The van der Waals surface area contributed by atoms with Gasteiger partial charge >= 0.3 is 5.97 Å². The Kier molecular flexibility index (Phi) is 4.86. The molecule has 0 bridgehead atoms. The molecule has 1 aliphatic heterocycles. The predicted octanol–water partition coefficient (Wildman–Crippen LogP) is -1.04. The Hall–Kier alpha value is -0.790. The maximum atomic E-state index is 11.1. The second-order valence-electron chi connectivity index (χ2n) is 3.04. The molecule has 1 fully saturated rings. The van der Waals surface area contributed by atoms with Crippen LogP contribution in [0.2, 0.25) is 0 Å². The maximum Gasteiger partial charge on any atom is 0.316 e. The van der Waals surface area contributed by atoms with Crippen LogP contribution in [0.5, 0.6) is 0 Å². The van der Waals surface area contributed by atoms with Gasteiger partial charge in [-0.2, -0.15) is 0 Å². The summed E-state index contributed by atoms with van der Waals surface area (Å²) in [5.41, 5.74) is 5.26. The van der Waals surface area contributed by atoms with E-state index in [-0.39, 0.29) is 35.7 Å². The number of esters is 1. The third-order valence-corrected chi connectivity index (χ3v) is 2.73. The van der Waals surface area contributed by atoms with E-state index in [0.29, 0.717) is 6.61 Å². The Morgan fingerprint density at radius 3 is 3.07 bits per heavy atom. The van der Waals surface area contributed by atoms with Gasteiger partial charge in [-0.25, -0.2) is 0 Å². The van der Waals surface area contributed by atoms with Crippen LogP contribution in [0, 0.1) is 0 Å². The number of nitrogens with one attached hydrogen (secondary N) is 2. The molecule has 1 amide bonds. The summed E-state index contributed by atoms with van der Waals surface area (Å²) in [6.45, 7) is 2.11. The van der Waals surface area contributed by atoms with E-state index in [1.54, 1.807) is 6.92 Å². The van der Waals surface area contributed by atoms with E-state index < -0.39 is 0 Å². The SMILES string of the molecule is CCOC(=O)CSC1NC(=O)CC(N)N1. The average molecular weight is 233 g/mol. The second kappa shape index (κ2) is 5.94. The fourth-order valence-electron chi connectivity index (χ4n) is 1.14. The molecule has 0 aromatic carbocycles. The summed E-state index contributed by atoms with van der Waals surface area (Å²) in [5, 5.41) is 5.61. The van der Waals surface area contributed by atoms with Crippen molar-refractivity contribution in [2.75, 3.05) is 12.4 Å². The molecule has 86 valence electrons. The van der Waals surface area contributed by atoms with Gasteiger partial charge in [-0.3, -0.25) is 14.9 Å². The van der Waals surface area contributed by atoms with Crippen molar-refractivity contribution in [3.63, 3.8) is 0 Å². The van der Waals surface area contributed by atoms with Crippen LogP contribution in [-0.4, -0.2) is 35.9 Å². The summed E-state index contributed by atoms with van der Waals surface area (Å²) >= 11 is 1.26. The van der Waals surface area contributed by atoms with Crippen LogP contribution in [0.1, 0.15) is 13.3 Å². The first kappa shape index (κ1) is 12.3. The summed E-state index contributed by atoms with van der Waals surface area (Å²) in [6.07, 6.45) is -0.0883. The van der Waals surface area contributed by atoms with Crippen LogP contribution in [0.25, 0.3) is 0 Å². The zero-order chi connectivity index (χ0) is 11.3. The number of hydrogen-bond donors (Lipinski definition) is 3. The summed E-state index contributed by atoms with van der Waals surface area (Å²) in [4.78, 5) is 22.1. The standard InChI is InChI=1S/C8H15N3O3S/c1-2-14-7(13)4-15-8-10-5(9)3-6(12)11-8/h5,8,10H,2-4,9H2,1H3,(H,11,12). The van der Waals surface area contributed by atoms with Gasteiger partial charge in [0.25, 0.3) is 0 Å². The summed E-state index contributed by atoms with van der Waals surface area (Å²) in [7, 11) is 0. The third-order valence-electron chi connectivity index (χ3n) is 1.74. The van der Waals surface area contributed by atoms with E-state index in [4.69, 9.17) is 10.5 Å². The van der Waals surface area contributed by atoms with Crippen LogP contribution in [0.4, 0.5) is 0 Å². The molecule has 0 aliphatic carbocycles. The lowest BCUT2D eigenvalue weighted by Crippen LogP contribution is -2.58. The van der Waals surface area contributed by atoms with Crippen LogP contribution in [0.15, 0.2) is 0 Å². The van der Waals surface area contributed by atoms with E-state index in [1.807, 2.05) is 0 Å². The maximum absolute atomic E-state index is 11.1. The van der Waals surface area contributed by atoms with Gasteiger partial charge in [0.1, 0.15) is 5.50 Å². The van der Waals surface area contributed by atoms with Gasteiger partial charge in [0.05, 0.1) is 24.9 Å². The minimum absolute atomic E-state index is 0.109. The quantitative estimate of drug-likeness (QED) is 0.537. The van der Waals surface area contributed by atoms with E-state index in [9.17, 15) is 9.59 Å². The van der Waals surface area contributed by atoms with Crippen LogP contribution >= 0.6 is 11.8 Å². The number of thioether (sulfide) groups is 1. The Labute approximate surface area is 92.3 Å². The van der Waals surface area contributed by atoms with E-state index >= 15 is 0 Å². The topological polar surface area (TPSA) is 93.5 Å². The highest BCUT2D eigenvalue weighted by Gasteiger charge is 2.23. The minimum Gasteiger partial charge on any atom is -0.465 e. The number of ether oxygens (including phenoxy) is 1. The highest BCUT2D eigenvalue weighted by atomic mass is 32.2. The first-order valence-corrected chi connectivity index (χ1v) is 5.75. The Bertz CT molecular complexity index is 249. The molecule has 2 atom stereocenters. The first-order valence-electron chi connectivity index (χ1n) is 4.70. The van der Waals surface area contributed by atoms with Gasteiger partial charge < -0.3 is 15.8 Å². The van der Waals surface area contributed by atoms with E-state index in [1.165, 1.54) is 11.8 Å². The van der Waals surface area contributed by atoms with Crippen LogP contribution in [0.3, 0.4) is 0 Å². The van der Waals surface area contributed by atoms with Crippen molar-refractivity contribution in [3.05, 3.63) is 0 Å². The molecule has 0 radical (unpaired) electrons. The van der Waals surface area contributed by atoms with Crippen molar-refractivity contribution in [1.29, 1.82) is 0 Å². The molecule has 7 heteroatoms. The highest BCUT2D eigenvalue weighted by molar-refractivity contribution is 8.00. The Morgan fingerprint density at radius 1 is 1.73 bits per heavy atom. The molecule has 1 saturated heterocycles. The molecule has 0 aromatic rings. The van der Waals surface area contributed by atoms with Crippen molar-refractivity contribution in [1.82, 2.24) is 10.6 Å². The van der Waals surface area contributed by atoms with Gasteiger partial charge in [0, 0.05) is 0 Å². The zero-order valence-electron chi connectivity index (χ0n) is 8.49. The number of rotatable bonds is 4. The molecule has 1 aliphatic rings. The van der Waals surface area contributed by atoms with Crippen LogP contribution in [-0.2, 0) is 14.3 Å². The number of amides is 1. The lowest BCUT2D eigenvalue weighted by Gasteiger charge is -2.28. The summed E-state index contributed by atoms with van der Waals surface area (Å²) < 4.78 is 4.76. The zero-order valence-corrected chi connectivity index (χ0v) is 9.30. The highest BCUT2D eigenvalue weighted by Crippen LogP contribution is 2.10. The number of carbonyl (C=O) groups excluding carboxylic acids is 2. The van der Waals surface area contributed by atoms with Crippen molar-refractivity contribution in [2.24, 2.45) is 5.73 Å². The van der Waals surface area contributed by atoms with Crippen molar-refractivity contribution >= 4 is 23.6 Å². The van der Waals surface area contributed by atoms with Crippen LogP contribution < -0.4 is 16.4 Å². The summed E-state index contributed by atoms with van der Waals surface area (Å²) in [5.74, 6) is -0.210. The minimum atomic E-state index is -0.349. The average Bonchev–Trinajstić information content (AvgIpc) is 2.14. The normalized spacial score (nSPS) is 25.9. The first-order chi connectivity index (χ1) is 7.11. The Morgan fingerprint density at radius 2 is 2.47 bits per heavy atom. The fourth-order valence-corrected chi connectivity index (χ4v) is 2.02. The number of carbonyl (C=O) groups is 2. The van der Waals surface area contributed by atoms with Crippen molar-refractivity contribution in [3.8, 4) is 0 Å². The lowest BCUT2D eigenvalue weighted by molar-refractivity contribution is -0.139. The van der Waals surface area contributed by atoms with Gasteiger partial charge in [0.15, 0.2) is 0 Å². The number of nitrogens with two attached hydrogens (primary N) is 1.